The fraction of sp³-hybridized carbons (Fsp3) is 0.550. The summed E-state index contributed by atoms with van der Waals surface area (Å²) in [7, 11) is 0. The van der Waals surface area contributed by atoms with Crippen molar-refractivity contribution in [3.05, 3.63) is 29.3 Å². The van der Waals surface area contributed by atoms with Crippen LogP contribution in [0, 0.1) is 5.92 Å². The molecule has 0 amide bonds. The molecule has 1 fully saturated rings. The molecule has 1 saturated heterocycles. The first kappa shape index (κ1) is 16.5. The first-order valence-corrected chi connectivity index (χ1v) is 9.57. The van der Waals surface area contributed by atoms with Crippen molar-refractivity contribution in [1.82, 2.24) is 15.5 Å². The number of H-pyrrole nitrogens is 1. The Morgan fingerprint density at radius 1 is 1.20 bits per heavy atom. The molecule has 5 heteroatoms. The number of nitrogen functional groups attached to an aromatic ring is 1. The van der Waals surface area contributed by atoms with Crippen molar-refractivity contribution in [2.45, 2.75) is 44.9 Å². The van der Waals surface area contributed by atoms with E-state index in [0.717, 1.165) is 42.8 Å². The van der Waals surface area contributed by atoms with Crippen molar-refractivity contribution in [2.24, 2.45) is 5.92 Å². The molecule has 4 rings (SSSR count). The number of ether oxygens (including phenoxy) is 1. The molecule has 5 nitrogen and oxygen atoms in total. The molecule has 0 bridgehead atoms. The second-order valence-electron chi connectivity index (χ2n) is 7.40. The van der Waals surface area contributed by atoms with Crippen LogP contribution in [0.25, 0.3) is 10.9 Å². The molecule has 1 aromatic carbocycles. The van der Waals surface area contributed by atoms with Crippen LogP contribution in [0.4, 0.5) is 5.82 Å². The summed E-state index contributed by atoms with van der Waals surface area (Å²) in [5.74, 6) is 2.17. The maximum atomic E-state index is 6.16. The summed E-state index contributed by atoms with van der Waals surface area (Å²) in [5, 5.41) is 11.7. The third-order valence-electron chi connectivity index (χ3n) is 5.49. The molecule has 0 atom stereocenters. The summed E-state index contributed by atoms with van der Waals surface area (Å²) in [6, 6.07) is 4.21. The standard InChI is InChI=1S/C20H28N4O/c21-20-19-16(10-14-4-2-1-3-5-14)11-17(12-18(19)23-24-20)25-13-15-6-8-22-9-7-15/h4,11-12,15,22H,1-3,5-10,13H2,(H3,21,23,24). The van der Waals surface area contributed by atoms with E-state index in [1.807, 2.05) is 6.07 Å². The maximum absolute atomic E-state index is 6.16. The molecule has 1 aromatic heterocycles. The Kier molecular flexibility index (Phi) is 4.92. The van der Waals surface area contributed by atoms with Crippen molar-refractivity contribution >= 4 is 16.7 Å². The first-order valence-electron chi connectivity index (χ1n) is 9.57. The summed E-state index contributed by atoms with van der Waals surface area (Å²) < 4.78 is 6.16. The number of anilines is 1. The van der Waals surface area contributed by atoms with Gasteiger partial charge in [-0.2, -0.15) is 5.10 Å². The van der Waals surface area contributed by atoms with Gasteiger partial charge in [-0.1, -0.05) is 11.6 Å². The third-order valence-corrected chi connectivity index (χ3v) is 5.49. The van der Waals surface area contributed by atoms with Crippen molar-refractivity contribution in [3.63, 3.8) is 0 Å². The predicted octanol–water partition coefficient (Wildman–Crippen LogP) is 3.57. The highest BCUT2D eigenvalue weighted by Gasteiger charge is 2.16. The van der Waals surface area contributed by atoms with Crippen LogP contribution in [0.3, 0.4) is 0 Å². The van der Waals surface area contributed by atoms with Gasteiger partial charge < -0.3 is 15.8 Å². The predicted molar refractivity (Wildman–Crippen MR) is 102 cm³/mol. The van der Waals surface area contributed by atoms with Crippen LogP contribution in [0.2, 0.25) is 0 Å². The van der Waals surface area contributed by atoms with Crippen molar-refractivity contribution in [3.8, 4) is 5.75 Å². The number of aromatic nitrogens is 2. The second kappa shape index (κ2) is 7.48. The summed E-state index contributed by atoms with van der Waals surface area (Å²) in [6.07, 6.45) is 10.7. The van der Waals surface area contributed by atoms with E-state index in [4.69, 9.17) is 10.5 Å². The maximum Gasteiger partial charge on any atom is 0.153 e. The molecular formula is C20H28N4O. The topological polar surface area (TPSA) is 76.0 Å². The number of fused-ring (bicyclic) bond motifs is 1. The van der Waals surface area contributed by atoms with Crippen LogP contribution in [-0.4, -0.2) is 29.9 Å². The number of benzene rings is 1. The number of nitrogens with one attached hydrogen (secondary N) is 2. The third kappa shape index (κ3) is 3.82. The minimum Gasteiger partial charge on any atom is -0.493 e. The Bertz CT molecular complexity index is 758. The van der Waals surface area contributed by atoms with Crippen LogP contribution in [-0.2, 0) is 6.42 Å². The molecule has 1 aliphatic heterocycles. The molecule has 0 saturated carbocycles. The highest BCUT2D eigenvalue weighted by Crippen LogP contribution is 2.32. The Labute approximate surface area is 149 Å². The van der Waals surface area contributed by atoms with Crippen LogP contribution in [0.5, 0.6) is 5.75 Å². The number of nitrogens with zero attached hydrogens (tertiary/aromatic N) is 1. The van der Waals surface area contributed by atoms with Gasteiger partial charge in [0.05, 0.1) is 12.1 Å². The zero-order valence-corrected chi connectivity index (χ0v) is 14.8. The summed E-state index contributed by atoms with van der Waals surface area (Å²) in [4.78, 5) is 0. The van der Waals surface area contributed by atoms with Crippen LogP contribution in [0.1, 0.15) is 44.1 Å². The molecule has 2 heterocycles. The van der Waals surface area contributed by atoms with Gasteiger partial charge in [-0.25, -0.2) is 0 Å². The summed E-state index contributed by atoms with van der Waals surface area (Å²) in [5.41, 5.74) is 9.84. The number of rotatable bonds is 5. The van der Waals surface area contributed by atoms with E-state index in [1.54, 1.807) is 0 Å². The van der Waals surface area contributed by atoms with E-state index in [0.29, 0.717) is 11.7 Å². The normalized spacial score (nSPS) is 19.1. The van der Waals surface area contributed by atoms with Crippen LogP contribution < -0.4 is 15.8 Å². The van der Waals surface area contributed by atoms with E-state index in [1.165, 1.54) is 49.7 Å². The molecule has 4 N–H and O–H groups in total. The lowest BCUT2D eigenvalue weighted by Crippen LogP contribution is -2.30. The van der Waals surface area contributed by atoms with Gasteiger partial charge >= 0.3 is 0 Å². The smallest absolute Gasteiger partial charge is 0.153 e. The highest BCUT2D eigenvalue weighted by atomic mass is 16.5. The van der Waals surface area contributed by atoms with E-state index in [2.05, 4.69) is 27.7 Å². The monoisotopic (exact) mass is 340 g/mol. The number of nitrogens with two attached hydrogens (primary N) is 1. The van der Waals surface area contributed by atoms with Crippen molar-refractivity contribution in [2.75, 3.05) is 25.4 Å². The van der Waals surface area contributed by atoms with Gasteiger partial charge in [0.1, 0.15) is 5.75 Å². The number of allylic oxidation sites excluding steroid dienone is 2. The lowest BCUT2D eigenvalue weighted by Gasteiger charge is -2.23. The van der Waals surface area contributed by atoms with E-state index >= 15 is 0 Å². The number of hydrogen-bond donors (Lipinski definition) is 3. The number of piperidine rings is 1. The summed E-state index contributed by atoms with van der Waals surface area (Å²) in [6.45, 7) is 2.99. The number of hydrogen-bond acceptors (Lipinski definition) is 4. The zero-order chi connectivity index (χ0) is 17.1. The fourth-order valence-corrected chi connectivity index (χ4v) is 4.04. The molecule has 25 heavy (non-hydrogen) atoms. The molecule has 134 valence electrons. The minimum atomic E-state index is 0.589. The Hall–Kier alpha value is -2.01. The second-order valence-corrected chi connectivity index (χ2v) is 7.40. The molecule has 0 radical (unpaired) electrons. The van der Waals surface area contributed by atoms with E-state index < -0.39 is 0 Å². The quantitative estimate of drug-likeness (QED) is 0.727. The van der Waals surface area contributed by atoms with Crippen molar-refractivity contribution in [1.29, 1.82) is 0 Å². The molecule has 1 aliphatic carbocycles. The molecular weight excluding hydrogens is 312 g/mol. The molecule has 2 aliphatic rings. The average molecular weight is 340 g/mol. The van der Waals surface area contributed by atoms with Gasteiger partial charge in [-0.15, -0.1) is 0 Å². The Balaban J connectivity index is 1.56. The highest BCUT2D eigenvalue weighted by molar-refractivity contribution is 5.93. The van der Waals surface area contributed by atoms with Gasteiger partial charge in [-0.3, -0.25) is 5.10 Å². The van der Waals surface area contributed by atoms with Crippen LogP contribution in [0.15, 0.2) is 23.8 Å². The van der Waals surface area contributed by atoms with Gasteiger partial charge in [0.15, 0.2) is 5.82 Å². The number of aromatic amines is 1. The van der Waals surface area contributed by atoms with Gasteiger partial charge in [0.25, 0.3) is 0 Å². The lowest BCUT2D eigenvalue weighted by molar-refractivity contribution is 0.215. The van der Waals surface area contributed by atoms with Gasteiger partial charge in [0, 0.05) is 11.5 Å². The fourth-order valence-electron chi connectivity index (χ4n) is 4.04. The Morgan fingerprint density at radius 2 is 2.08 bits per heavy atom. The molecule has 2 aromatic rings. The Morgan fingerprint density at radius 3 is 2.88 bits per heavy atom. The first-order chi connectivity index (χ1) is 12.3. The molecule has 0 unspecified atom stereocenters. The van der Waals surface area contributed by atoms with E-state index in [-0.39, 0.29) is 0 Å². The molecule has 0 spiro atoms. The van der Waals surface area contributed by atoms with Gasteiger partial charge in [0.2, 0.25) is 0 Å². The van der Waals surface area contributed by atoms with E-state index in [9.17, 15) is 0 Å². The minimum absolute atomic E-state index is 0.589. The SMILES string of the molecule is Nc1n[nH]c2cc(OCC3CCNCC3)cc(CC3=CCCCC3)c12. The zero-order valence-electron chi connectivity index (χ0n) is 14.8. The van der Waals surface area contributed by atoms with Crippen molar-refractivity contribution < 1.29 is 4.74 Å². The summed E-state index contributed by atoms with van der Waals surface area (Å²) >= 11 is 0. The van der Waals surface area contributed by atoms with Gasteiger partial charge in [-0.05, 0) is 75.6 Å². The lowest BCUT2D eigenvalue weighted by atomic mass is 9.92. The largest absolute Gasteiger partial charge is 0.493 e. The average Bonchev–Trinajstić information content (AvgIpc) is 3.03. The van der Waals surface area contributed by atoms with Crippen LogP contribution >= 0.6 is 0 Å².